The maximum Gasteiger partial charge on any atom is 0.256 e. The van der Waals surface area contributed by atoms with Crippen molar-refractivity contribution in [3.05, 3.63) is 88.2 Å². The van der Waals surface area contributed by atoms with Crippen LogP contribution in [0.3, 0.4) is 0 Å². The molecule has 0 saturated carbocycles. The number of para-hydroxylation sites is 1. The zero-order valence-corrected chi connectivity index (χ0v) is 14.8. The largest absolute Gasteiger partial charge is 0.497 e. The number of nitrogens with one attached hydrogen (secondary N) is 2. The first-order chi connectivity index (χ1) is 13.2. The molecule has 3 aromatic carbocycles. The average Bonchev–Trinajstić information content (AvgIpc) is 2.72. The zero-order valence-electron chi connectivity index (χ0n) is 14.8. The van der Waals surface area contributed by atoms with E-state index in [9.17, 15) is 9.59 Å². The predicted octanol–water partition coefficient (Wildman–Crippen LogP) is 3.62. The standard InChI is InChI=1S/C22H18N2O3/c1-27-16-6-4-5-14(11-16)13-23-21(25)15-9-10-17-18-7-2-3-8-20(18)24-22(26)19(17)12-15/h2-12H,13H2,1H3,(H,23,25)(H,24,26). The molecule has 0 bridgehead atoms. The molecule has 0 radical (unpaired) electrons. The fourth-order valence-corrected chi connectivity index (χ4v) is 3.19. The van der Waals surface area contributed by atoms with E-state index in [-0.39, 0.29) is 11.5 Å². The molecular formula is C22H18N2O3. The molecule has 1 amide bonds. The summed E-state index contributed by atoms with van der Waals surface area (Å²) >= 11 is 0. The van der Waals surface area contributed by atoms with E-state index < -0.39 is 0 Å². The minimum Gasteiger partial charge on any atom is -0.497 e. The number of methoxy groups -OCH3 is 1. The van der Waals surface area contributed by atoms with Crippen molar-refractivity contribution in [3.63, 3.8) is 0 Å². The average molecular weight is 358 g/mol. The molecule has 1 aromatic heterocycles. The number of ether oxygens (including phenoxy) is 1. The number of aromatic nitrogens is 1. The summed E-state index contributed by atoms with van der Waals surface area (Å²) in [6.07, 6.45) is 0. The Labute approximate surface area is 155 Å². The first kappa shape index (κ1) is 16.8. The number of hydrogen-bond acceptors (Lipinski definition) is 3. The van der Waals surface area contributed by atoms with Crippen LogP contribution >= 0.6 is 0 Å². The maximum absolute atomic E-state index is 12.5. The number of pyridine rings is 1. The molecule has 0 aliphatic carbocycles. The van der Waals surface area contributed by atoms with Crippen LogP contribution in [0, 0.1) is 0 Å². The van der Waals surface area contributed by atoms with Crippen LogP contribution in [0.1, 0.15) is 15.9 Å². The van der Waals surface area contributed by atoms with E-state index >= 15 is 0 Å². The third-order valence-electron chi connectivity index (χ3n) is 4.58. The highest BCUT2D eigenvalue weighted by Gasteiger charge is 2.10. The highest BCUT2D eigenvalue weighted by Crippen LogP contribution is 2.22. The monoisotopic (exact) mass is 358 g/mol. The molecule has 0 fully saturated rings. The lowest BCUT2D eigenvalue weighted by molar-refractivity contribution is 0.0951. The molecule has 0 aliphatic rings. The lowest BCUT2D eigenvalue weighted by atomic mass is 10.0. The number of carbonyl (C=O) groups excluding carboxylic acids is 1. The molecule has 1 heterocycles. The van der Waals surface area contributed by atoms with Crippen LogP contribution in [0.15, 0.2) is 71.5 Å². The van der Waals surface area contributed by atoms with E-state index in [0.717, 1.165) is 27.6 Å². The van der Waals surface area contributed by atoms with Crippen LogP contribution in [-0.4, -0.2) is 18.0 Å². The van der Waals surface area contributed by atoms with Crippen molar-refractivity contribution in [2.24, 2.45) is 0 Å². The van der Waals surface area contributed by atoms with E-state index in [1.165, 1.54) is 0 Å². The Kier molecular flexibility index (Phi) is 4.34. The van der Waals surface area contributed by atoms with Gasteiger partial charge in [-0.15, -0.1) is 0 Å². The second-order valence-electron chi connectivity index (χ2n) is 6.29. The first-order valence-corrected chi connectivity index (χ1v) is 8.61. The second kappa shape index (κ2) is 6.96. The van der Waals surface area contributed by atoms with Gasteiger partial charge in [-0.2, -0.15) is 0 Å². The van der Waals surface area contributed by atoms with Crippen LogP contribution in [0.4, 0.5) is 0 Å². The number of fused-ring (bicyclic) bond motifs is 3. The van der Waals surface area contributed by atoms with Crippen LogP contribution in [-0.2, 0) is 6.54 Å². The second-order valence-corrected chi connectivity index (χ2v) is 6.29. The summed E-state index contributed by atoms with van der Waals surface area (Å²) in [5.74, 6) is 0.512. The van der Waals surface area contributed by atoms with E-state index in [1.54, 1.807) is 19.2 Å². The van der Waals surface area contributed by atoms with Crippen molar-refractivity contribution in [1.82, 2.24) is 10.3 Å². The number of benzene rings is 3. The molecule has 2 N–H and O–H groups in total. The quantitative estimate of drug-likeness (QED) is 0.547. The summed E-state index contributed by atoms with van der Waals surface area (Å²) in [4.78, 5) is 27.8. The molecule has 5 heteroatoms. The Balaban J connectivity index is 1.63. The van der Waals surface area contributed by atoms with Crippen molar-refractivity contribution in [3.8, 4) is 5.75 Å². The van der Waals surface area contributed by atoms with E-state index in [2.05, 4.69) is 10.3 Å². The predicted molar refractivity (Wildman–Crippen MR) is 106 cm³/mol. The third kappa shape index (κ3) is 3.27. The number of aromatic amines is 1. The van der Waals surface area contributed by atoms with Gasteiger partial charge in [-0.3, -0.25) is 9.59 Å². The number of rotatable bonds is 4. The molecular weight excluding hydrogens is 340 g/mol. The molecule has 134 valence electrons. The number of amides is 1. The lowest BCUT2D eigenvalue weighted by Crippen LogP contribution is -2.23. The van der Waals surface area contributed by atoms with Crippen LogP contribution in [0.2, 0.25) is 0 Å². The van der Waals surface area contributed by atoms with Gasteiger partial charge < -0.3 is 15.0 Å². The minimum absolute atomic E-state index is 0.203. The van der Waals surface area contributed by atoms with Crippen molar-refractivity contribution in [1.29, 1.82) is 0 Å². The molecule has 0 atom stereocenters. The van der Waals surface area contributed by atoms with Gasteiger partial charge in [-0.25, -0.2) is 0 Å². The molecule has 0 unspecified atom stereocenters. The maximum atomic E-state index is 12.5. The number of hydrogen-bond donors (Lipinski definition) is 2. The van der Waals surface area contributed by atoms with Crippen molar-refractivity contribution >= 4 is 27.6 Å². The Bertz CT molecular complexity index is 1210. The topological polar surface area (TPSA) is 71.2 Å². The smallest absolute Gasteiger partial charge is 0.256 e. The van der Waals surface area contributed by atoms with E-state index in [1.807, 2.05) is 54.6 Å². The van der Waals surface area contributed by atoms with Crippen LogP contribution < -0.4 is 15.6 Å². The molecule has 0 saturated heterocycles. The molecule has 27 heavy (non-hydrogen) atoms. The van der Waals surface area contributed by atoms with Gasteiger partial charge in [0.25, 0.3) is 11.5 Å². The Morgan fingerprint density at radius 1 is 0.963 bits per heavy atom. The summed E-state index contributed by atoms with van der Waals surface area (Å²) in [5, 5.41) is 5.17. The van der Waals surface area contributed by atoms with Gasteiger partial charge in [0.05, 0.1) is 7.11 Å². The Morgan fingerprint density at radius 3 is 2.67 bits per heavy atom. The summed E-state index contributed by atoms with van der Waals surface area (Å²) in [6, 6.07) is 20.4. The summed E-state index contributed by atoms with van der Waals surface area (Å²) in [7, 11) is 1.61. The van der Waals surface area contributed by atoms with Gasteiger partial charge in [-0.05, 0) is 41.3 Å². The number of carbonyl (C=O) groups is 1. The summed E-state index contributed by atoms with van der Waals surface area (Å²) in [6.45, 7) is 0.377. The zero-order chi connectivity index (χ0) is 18.8. The molecule has 4 rings (SSSR count). The molecule has 4 aromatic rings. The van der Waals surface area contributed by atoms with E-state index in [0.29, 0.717) is 17.5 Å². The van der Waals surface area contributed by atoms with Crippen LogP contribution in [0.5, 0.6) is 5.75 Å². The van der Waals surface area contributed by atoms with Gasteiger partial charge >= 0.3 is 0 Å². The van der Waals surface area contributed by atoms with E-state index in [4.69, 9.17) is 4.74 Å². The van der Waals surface area contributed by atoms with Crippen molar-refractivity contribution in [2.75, 3.05) is 7.11 Å². The minimum atomic E-state index is -0.229. The fraction of sp³-hybridized carbons (Fsp3) is 0.0909. The van der Waals surface area contributed by atoms with Crippen molar-refractivity contribution < 1.29 is 9.53 Å². The normalized spacial score (nSPS) is 10.9. The fourth-order valence-electron chi connectivity index (χ4n) is 3.19. The lowest BCUT2D eigenvalue weighted by Gasteiger charge is -2.08. The molecule has 0 aliphatic heterocycles. The summed E-state index contributed by atoms with van der Waals surface area (Å²) in [5.41, 5.74) is 1.97. The van der Waals surface area contributed by atoms with Crippen LogP contribution in [0.25, 0.3) is 21.7 Å². The Morgan fingerprint density at radius 2 is 1.81 bits per heavy atom. The Hall–Kier alpha value is -3.60. The van der Waals surface area contributed by atoms with Gasteiger partial charge in [0.15, 0.2) is 0 Å². The summed E-state index contributed by atoms with van der Waals surface area (Å²) < 4.78 is 5.19. The molecule has 5 nitrogen and oxygen atoms in total. The third-order valence-corrected chi connectivity index (χ3v) is 4.58. The first-order valence-electron chi connectivity index (χ1n) is 8.61. The van der Waals surface area contributed by atoms with Gasteiger partial charge in [0.2, 0.25) is 0 Å². The van der Waals surface area contributed by atoms with Crippen molar-refractivity contribution in [2.45, 2.75) is 6.54 Å². The number of H-pyrrole nitrogens is 1. The van der Waals surface area contributed by atoms with Gasteiger partial charge in [0, 0.05) is 28.4 Å². The SMILES string of the molecule is COc1cccc(CNC(=O)c2ccc3c(c2)c(=O)[nH]c2ccccc23)c1. The van der Waals surface area contributed by atoms with Gasteiger partial charge in [0.1, 0.15) is 5.75 Å². The molecule has 0 spiro atoms. The highest BCUT2D eigenvalue weighted by atomic mass is 16.5. The van der Waals surface area contributed by atoms with Gasteiger partial charge in [-0.1, -0.05) is 36.4 Å². The highest BCUT2D eigenvalue weighted by molar-refractivity contribution is 6.07.